The van der Waals surface area contributed by atoms with Gasteiger partial charge in [-0.05, 0) is 24.8 Å². The zero-order valence-electron chi connectivity index (χ0n) is 15.4. The van der Waals surface area contributed by atoms with Crippen molar-refractivity contribution in [2.75, 3.05) is 12.0 Å². The number of halogens is 7. The van der Waals surface area contributed by atoms with E-state index >= 15 is 0 Å². The highest BCUT2D eigenvalue weighted by molar-refractivity contribution is 6.32. The van der Waals surface area contributed by atoms with E-state index in [1.54, 1.807) is 5.92 Å². The molecule has 1 amide bonds. The van der Waals surface area contributed by atoms with Gasteiger partial charge in [-0.25, -0.2) is 13.2 Å². The van der Waals surface area contributed by atoms with Gasteiger partial charge in [-0.15, -0.1) is 19.6 Å². The van der Waals surface area contributed by atoms with Gasteiger partial charge in [-0.1, -0.05) is 11.6 Å². The largest absolute Gasteiger partial charge is 0.573 e. The number of carbonyl (C=O) groups is 2. The number of alkyl halides is 5. The fraction of sp³-hybridized carbons (Fsp3) is 0.444. The van der Waals surface area contributed by atoms with E-state index in [2.05, 4.69) is 4.74 Å². The smallest absolute Gasteiger partial charge is 0.401 e. The minimum absolute atomic E-state index is 0.239. The van der Waals surface area contributed by atoms with Crippen LogP contribution in [0.2, 0.25) is 5.02 Å². The first-order chi connectivity index (χ1) is 13.8. The van der Waals surface area contributed by atoms with Gasteiger partial charge in [-0.3, -0.25) is 9.69 Å². The van der Waals surface area contributed by atoms with Crippen LogP contribution in [0, 0.1) is 18.2 Å². The molecule has 1 aromatic rings. The molecule has 1 saturated carbocycles. The summed E-state index contributed by atoms with van der Waals surface area (Å²) < 4.78 is 81.8. The number of rotatable bonds is 4. The highest BCUT2D eigenvalue weighted by Gasteiger charge is 2.49. The molecule has 1 aromatic carbocycles. The van der Waals surface area contributed by atoms with Crippen molar-refractivity contribution in [2.24, 2.45) is 0 Å². The Morgan fingerprint density at radius 3 is 2.20 bits per heavy atom. The molecular formula is C18H16ClF6NO4. The molecule has 0 atom stereocenters. The van der Waals surface area contributed by atoms with Crippen LogP contribution < -0.4 is 9.64 Å². The quantitative estimate of drug-likeness (QED) is 0.418. The van der Waals surface area contributed by atoms with Gasteiger partial charge in [0.15, 0.2) is 11.6 Å². The summed E-state index contributed by atoms with van der Waals surface area (Å²) in [6, 6.07) is 1.19. The second-order valence-corrected chi connectivity index (χ2v) is 6.56. The van der Waals surface area contributed by atoms with Gasteiger partial charge in [0, 0.05) is 26.0 Å². The number of hydrogen-bond acceptors (Lipinski definition) is 4. The second kappa shape index (κ2) is 9.57. The van der Waals surface area contributed by atoms with Crippen LogP contribution in [0.1, 0.15) is 25.7 Å². The van der Waals surface area contributed by atoms with Gasteiger partial charge in [0.25, 0.3) is 0 Å². The van der Waals surface area contributed by atoms with E-state index in [1.165, 1.54) is 0 Å². The number of aliphatic hydroxyl groups excluding tert-OH is 1. The van der Waals surface area contributed by atoms with Crippen molar-refractivity contribution in [3.8, 4) is 18.1 Å². The number of hydrogen-bond donors (Lipinski definition) is 1. The predicted molar refractivity (Wildman–Crippen MR) is 94.8 cm³/mol. The van der Waals surface area contributed by atoms with Gasteiger partial charge < -0.3 is 14.6 Å². The molecule has 0 spiro atoms. The third-order valence-electron chi connectivity index (χ3n) is 4.30. The Hall–Kier alpha value is -2.45. The predicted octanol–water partition coefficient (Wildman–Crippen LogP) is 4.10. The Labute approximate surface area is 172 Å². The molecule has 30 heavy (non-hydrogen) atoms. The standard InChI is InChI=1S/C17H12ClF6NO3.CH4O/c1-2-13(27)25(15(9-26)3-5-16(20,21)6-4-15)10-7-11(18)14(12(19)8-10)28-17(22,23)24;1-2/h1,7-9H,3-6H2;2H,1H3. The summed E-state index contributed by atoms with van der Waals surface area (Å²) in [6.07, 6.45) is -2.40. The first-order valence-electron chi connectivity index (χ1n) is 8.19. The molecule has 166 valence electrons. The van der Waals surface area contributed by atoms with Crippen molar-refractivity contribution < 1.29 is 45.8 Å². The lowest BCUT2D eigenvalue weighted by molar-refractivity contribution is -0.275. The lowest BCUT2D eigenvalue weighted by atomic mass is 9.79. The lowest BCUT2D eigenvalue weighted by Gasteiger charge is -2.43. The molecular weight excluding hydrogens is 444 g/mol. The monoisotopic (exact) mass is 459 g/mol. The highest BCUT2D eigenvalue weighted by atomic mass is 35.5. The van der Waals surface area contributed by atoms with E-state index in [4.69, 9.17) is 23.1 Å². The van der Waals surface area contributed by atoms with Gasteiger partial charge in [0.05, 0.1) is 10.7 Å². The molecule has 12 heteroatoms. The maximum absolute atomic E-state index is 14.2. The van der Waals surface area contributed by atoms with Crippen molar-refractivity contribution in [3.05, 3.63) is 23.0 Å². The van der Waals surface area contributed by atoms with Crippen molar-refractivity contribution in [1.29, 1.82) is 0 Å². The summed E-state index contributed by atoms with van der Waals surface area (Å²) in [5.41, 5.74) is -2.29. The number of aldehydes is 1. The van der Waals surface area contributed by atoms with Crippen molar-refractivity contribution >= 4 is 29.5 Å². The first-order valence-corrected chi connectivity index (χ1v) is 8.56. The van der Waals surface area contributed by atoms with Crippen LogP contribution in [0.4, 0.5) is 32.0 Å². The topological polar surface area (TPSA) is 66.8 Å². The fourth-order valence-electron chi connectivity index (χ4n) is 2.97. The normalized spacial score (nSPS) is 17.1. The molecule has 0 unspecified atom stereocenters. The number of benzene rings is 1. The number of anilines is 1. The highest BCUT2D eigenvalue weighted by Crippen LogP contribution is 2.44. The van der Waals surface area contributed by atoms with E-state index in [0.29, 0.717) is 11.0 Å². The number of ether oxygens (including phenoxy) is 1. The van der Waals surface area contributed by atoms with E-state index in [-0.39, 0.29) is 6.29 Å². The summed E-state index contributed by atoms with van der Waals surface area (Å²) in [5, 5.41) is 6.14. The van der Waals surface area contributed by atoms with E-state index in [9.17, 15) is 35.9 Å². The number of aliphatic hydroxyl groups is 1. The maximum atomic E-state index is 14.2. The van der Waals surface area contributed by atoms with E-state index in [1.807, 2.05) is 0 Å². The van der Waals surface area contributed by atoms with Crippen molar-refractivity contribution in [3.63, 3.8) is 0 Å². The zero-order chi connectivity index (χ0) is 23.3. The van der Waals surface area contributed by atoms with Gasteiger partial charge in [-0.2, -0.15) is 0 Å². The Morgan fingerprint density at radius 2 is 1.80 bits per heavy atom. The van der Waals surface area contributed by atoms with Crippen LogP contribution in [0.3, 0.4) is 0 Å². The van der Waals surface area contributed by atoms with Crippen molar-refractivity contribution in [1.82, 2.24) is 0 Å². The summed E-state index contributed by atoms with van der Waals surface area (Å²) >= 11 is 5.64. The molecule has 0 radical (unpaired) electrons. The van der Waals surface area contributed by atoms with E-state index in [0.717, 1.165) is 13.2 Å². The van der Waals surface area contributed by atoms with Crippen LogP contribution in [0.25, 0.3) is 0 Å². The SMILES string of the molecule is C#CC(=O)N(c1cc(F)c(OC(F)(F)F)c(Cl)c1)C1(C=O)CCC(F)(F)CC1.CO. The summed E-state index contributed by atoms with van der Waals surface area (Å²) in [5.74, 6) is -5.47. The molecule has 0 aliphatic heterocycles. The van der Waals surface area contributed by atoms with Gasteiger partial charge >= 0.3 is 12.3 Å². The molecule has 1 fully saturated rings. The third-order valence-corrected chi connectivity index (χ3v) is 4.58. The van der Waals surface area contributed by atoms with Crippen LogP contribution in [-0.2, 0) is 9.59 Å². The fourth-order valence-corrected chi connectivity index (χ4v) is 3.21. The van der Waals surface area contributed by atoms with E-state index < -0.39 is 71.7 Å². The van der Waals surface area contributed by atoms with Gasteiger partial charge in [0.2, 0.25) is 5.92 Å². The molecule has 0 bridgehead atoms. The van der Waals surface area contributed by atoms with Crippen LogP contribution in [0.15, 0.2) is 12.1 Å². The first kappa shape index (κ1) is 25.6. The van der Waals surface area contributed by atoms with Crippen LogP contribution >= 0.6 is 11.6 Å². The van der Waals surface area contributed by atoms with Crippen LogP contribution in [-0.4, -0.2) is 42.2 Å². The number of amides is 1. The molecule has 1 aliphatic carbocycles. The summed E-state index contributed by atoms with van der Waals surface area (Å²) in [6.45, 7) is 0. The lowest BCUT2D eigenvalue weighted by Crippen LogP contribution is -2.56. The zero-order valence-corrected chi connectivity index (χ0v) is 16.2. The van der Waals surface area contributed by atoms with Crippen molar-refractivity contribution in [2.45, 2.75) is 43.5 Å². The van der Waals surface area contributed by atoms with Crippen LogP contribution in [0.5, 0.6) is 5.75 Å². The summed E-state index contributed by atoms with van der Waals surface area (Å²) in [4.78, 5) is 24.6. The third kappa shape index (κ3) is 5.79. The Kier molecular flexibility index (Phi) is 8.16. The molecule has 1 aliphatic rings. The Morgan fingerprint density at radius 1 is 1.27 bits per heavy atom. The summed E-state index contributed by atoms with van der Waals surface area (Å²) in [7, 11) is 1.00. The molecule has 0 aromatic heterocycles. The molecule has 0 heterocycles. The maximum Gasteiger partial charge on any atom is 0.573 e. The van der Waals surface area contributed by atoms with Gasteiger partial charge in [0.1, 0.15) is 11.8 Å². The molecule has 2 rings (SSSR count). The second-order valence-electron chi connectivity index (χ2n) is 6.15. The average Bonchev–Trinajstić information content (AvgIpc) is 2.67. The Balaban J connectivity index is 0.00000218. The minimum Gasteiger partial charge on any atom is -0.401 e. The Bertz CT molecular complexity index is 804. The average molecular weight is 460 g/mol. The number of nitrogens with zero attached hydrogens (tertiary/aromatic N) is 1. The number of carbonyl (C=O) groups excluding carboxylic acids is 2. The molecule has 5 nitrogen and oxygen atoms in total. The molecule has 0 saturated heterocycles. The minimum atomic E-state index is -5.24. The molecule has 1 N–H and O–H groups in total. The number of terminal acetylenes is 1.